The monoisotopic (exact) mass is 229 g/mol. The predicted octanol–water partition coefficient (Wildman–Crippen LogP) is 2.80. The lowest BCUT2D eigenvalue weighted by Gasteiger charge is -2.14. The summed E-state index contributed by atoms with van der Waals surface area (Å²) in [4.78, 5) is 0. The molecule has 0 amide bonds. The molecule has 0 aliphatic carbocycles. The first-order valence-corrected chi connectivity index (χ1v) is 5.43. The van der Waals surface area contributed by atoms with Crippen molar-refractivity contribution in [1.29, 1.82) is 0 Å². The van der Waals surface area contributed by atoms with Crippen LogP contribution in [-0.2, 0) is 0 Å². The first-order valence-electron chi connectivity index (χ1n) is 5.43. The minimum Gasteiger partial charge on any atom is -0.497 e. The zero-order chi connectivity index (χ0) is 12.1. The van der Waals surface area contributed by atoms with Gasteiger partial charge in [0.25, 0.3) is 0 Å². The van der Waals surface area contributed by atoms with Gasteiger partial charge in [0.1, 0.15) is 5.75 Å². The quantitative estimate of drug-likeness (QED) is 0.792. The number of aliphatic hydroxyl groups is 1. The Hall–Kier alpha value is -2.00. The van der Waals surface area contributed by atoms with Crippen LogP contribution in [0.2, 0.25) is 0 Å². The number of ether oxygens (including phenoxy) is 1. The third-order valence-corrected chi connectivity index (χ3v) is 2.51. The average molecular weight is 229 g/mol. The summed E-state index contributed by atoms with van der Waals surface area (Å²) < 4.78 is 5.07. The van der Waals surface area contributed by atoms with Gasteiger partial charge in [-0.3, -0.25) is 0 Å². The van der Waals surface area contributed by atoms with Gasteiger partial charge < -0.3 is 15.2 Å². The Labute approximate surface area is 101 Å². The summed E-state index contributed by atoms with van der Waals surface area (Å²) in [6.07, 6.45) is -0.704. The summed E-state index contributed by atoms with van der Waals surface area (Å²) in [5.41, 5.74) is 1.69. The predicted molar refractivity (Wildman–Crippen MR) is 68.0 cm³/mol. The number of anilines is 1. The molecule has 0 aliphatic rings. The molecule has 0 saturated heterocycles. The molecule has 0 heterocycles. The normalized spacial score (nSPS) is 11.9. The van der Waals surface area contributed by atoms with E-state index in [-0.39, 0.29) is 0 Å². The standard InChI is InChI=1S/C14H15NO2/c1-17-13-9-7-12(8-10-13)15-14(16)11-5-3-2-4-6-11/h2-10,14-16H,1H3. The Kier molecular flexibility index (Phi) is 3.62. The molecule has 88 valence electrons. The van der Waals surface area contributed by atoms with E-state index in [1.807, 2.05) is 54.6 Å². The van der Waals surface area contributed by atoms with Crippen LogP contribution in [0.5, 0.6) is 5.75 Å². The van der Waals surface area contributed by atoms with Gasteiger partial charge in [-0.1, -0.05) is 30.3 Å². The highest BCUT2D eigenvalue weighted by Crippen LogP contribution is 2.19. The Morgan fingerprint density at radius 1 is 1.00 bits per heavy atom. The number of aliphatic hydroxyl groups excluding tert-OH is 1. The summed E-state index contributed by atoms with van der Waals surface area (Å²) in [5.74, 6) is 0.796. The lowest BCUT2D eigenvalue weighted by atomic mass is 10.2. The fourth-order valence-electron chi connectivity index (χ4n) is 1.56. The molecule has 2 N–H and O–H groups in total. The molecule has 0 bridgehead atoms. The summed E-state index contributed by atoms with van der Waals surface area (Å²) in [5, 5.41) is 13.0. The molecule has 0 radical (unpaired) electrons. The van der Waals surface area contributed by atoms with Crippen LogP contribution < -0.4 is 10.1 Å². The van der Waals surface area contributed by atoms with Gasteiger partial charge >= 0.3 is 0 Å². The van der Waals surface area contributed by atoms with E-state index in [0.29, 0.717) is 0 Å². The van der Waals surface area contributed by atoms with Crippen molar-refractivity contribution < 1.29 is 9.84 Å². The lowest BCUT2D eigenvalue weighted by Crippen LogP contribution is -2.09. The van der Waals surface area contributed by atoms with Gasteiger partial charge in [-0.25, -0.2) is 0 Å². The van der Waals surface area contributed by atoms with Gasteiger partial charge in [0.2, 0.25) is 0 Å². The number of nitrogens with one attached hydrogen (secondary N) is 1. The van der Waals surface area contributed by atoms with E-state index in [9.17, 15) is 5.11 Å². The highest BCUT2D eigenvalue weighted by atomic mass is 16.5. The van der Waals surface area contributed by atoms with Crippen LogP contribution in [0.15, 0.2) is 54.6 Å². The van der Waals surface area contributed by atoms with Crippen LogP contribution >= 0.6 is 0 Å². The van der Waals surface area contributed by atoms with Gasteiger partial charge in [-0.05, 0) is 24.3 Å². The van der Waals surface area contributed by atoms with E-state index < -0.39 is 6.23 Å². The zero-order valence-electron chi connectivity index (χ0n) is 9.63. The number of rotatable bonds is 4. The molecule has 0 spiro atoms. The molecule has 1 unspecified atom stereocenters. The summed E-state index contributed by atoms with van der Waals surface area (Å²) in [7, 11) is 1.63. The highest BCUT2D eigenvalue weighted by Gasteiger charge is 2.05. The smallest absolute Gasteiger partial charge is 0.150 e. The van der Waals surface area contributed by atoms with Crippen molar-refractivity contribution in [2.45, 2.75) is 6.23 Å². The van der Waals surface area contributed by atoms with Crippen LogP contribution in [0.1, 0.15) is 11.8 Å². The van der Waals surface area contributed by atoms with Crippen LogP contribution in [0.3, 0.4) is 0 Å². The summed E-state index contributed by atoms with van der Waals surface area (Å²) >= 11 is 0. The van der Waals surface area contributed by atoms with Crippen molar-refractivity contribution in [3.8, 4) is 5.75 Å². The van der Waals surface area contributed by atoms with Crippen molar-refractivity contribution in [3.63, 3.8) is 0 Å². The first kappa shape index (κ1) is 11.5. The molecule has 0 saturated carbocycles. The highest BCUT2D eigenvalue weighted by molar-refractivity contribution is 5.47. The van der Waals surface area contributed by atoms with Gasteiger partial charge in [0.05, 0.1) is 7.11 Å². The molecule has 2 aromatic rings. The Morgan fingerprint density at radius 3 is 2.24 bits per heavy atom. The third kappa shape index (κ3) is 2.98. The molecule has 3 heteroatoms. The largest absolute Gasteiger partial charge is 0.497 e. The Bertz CT molecular complexity index is 453. The van der Waals surface area contributed by atoms with E-state index in [0.717, 1.165) is 17.0 Å². The summed E-state index contributed by atoms with van der Waals surface area (Å²) in [6.45, 7) is 0. The van der Waals surface area contributed by atoms with E-state index in [4.69, 9.17) is 4.74 Å². The molecule has 0 aliphatic heterocycles. The third-order valence-electron chi connectivity index (χ3n) is 2.51. The van der Waals surface area contributed by atoms with Crippen LogP contribution in [-0.4, -0.2) is 12.2 Å². The van der Waals surface area contributed by atoms with Gasteiger partial charge in [-0.2, -0.15) is 0 Å². The van der Waals surface area contributed by atoms with Crippen molar-refractivity contribution in [1.82, 2.24) is 0 Å². The molecular weight excluding hydrogens is 214 g/mol. The molecule has 17 heavy (non-hydrogen) atoms. The molecule has 0 aromatic heterocycles. The van der Waals surface area contributed by atoms with Gasteiger partial charge in [0.15, 0.2) is 6.23 Å². The molecule has 3 nitrogen and oxygen atoms in total. The Morgan fingerprint density at radius 2 is 1.65 bits per heavy atom. The van der Waals surface area contributed by atoms with Crippen LogP contribution in [0.25, 0.3) is 0 Å². The minimum atomic E-state index is -0.704. The molecular formula is C14H15NO2. The Balaban J connectivity index is 2.05. The van der Waals surface area contributed by atoms with Crippen molar-refractivity contribution in [2.24, 2.45) is 0 Å². The molecule has 2 aromatic carbocycles. The second-order valence-corrected chi connectivity index (χ2v) is 3.69. The van der Waals surface area contributed by atoms with Gasteiger partial charge in [-0.15, -0.1) is 0 Å². The number of methoxy groups -OCH3 is 1. The van der Waals surface area contributed by atoms with Crippen molar-refractivity contribution in [2.75, 3.05) is 12.4 Å². The topological polar surface area (TPSA) is 41.5 Å². The van der Waals surface area contributed by atoms with Crippen LogP contribution in [0, 0.1) is 0 Å². The molecule has 2 rings (SSSR count). The SMILES string of the molecule is COc1ccc(NC(O)c2ccccc2)cc1. The van der Waals surface area contributed by atoms with Crippen molar-refractivity contribution >= 4 is 5.69 Å². The second-order valence-electron chi connectivity index (χ2n) is 3.69. The fourth-order valence-corrected chi connectivity index (χ4v) is 1.56. The van der Waals surface area contributed by atoms with E-state index >= 15 is 0 Å². The maximum absolute atomic E-state index is 9.96. The van der Waals surface area contributed by atoms with Gasteiger partial charge in [0, 0.05) is 11.3 Å². The average Bonchev–Trinajstić information content (AvgIpc) is 2.40. The maximum Gasteiger partial charge on any atom is 0.150 e. The summed E-state index contributed by atoms with van der Waals surface area (Å²) in [6, 6.07) is 16.9. The minimum absolute atomic E-state index is 0.704. The van der Waals surface area contributed by atoms with Crippen LogP contribution in [0.4, 0.5) is 5.69 Å². The zero-order valence-corrected chi connectivity index (χ0v) is 9.63. The molecule has 0 fully saturated rings. The lowest BCUT2D eigenvalue weighted by molar-refractivity contribution is 0.208. The maximum atomic E-state index is 9.96. The van der Waals surface area contributed by atoms with E-state index in [1.54, 1.807) is 7.11 Å². The second kappa shape index (κ2) is 5.37. The molecule has 1 atom stereocenters. The number of hydrogen-bond donors (Lipinski definition) is 2. The first-order chi connectivity index (χ1) is 8.29. The fraction of sp³-hybridized carbons (Fsp3) is 0.143. The van der Waals surface area contributed by atoms with E-state index in [2.05, 4.69) is 5.32 Å². The van der Waals surface area contributed by atoms with E-state index in [1.165, 1.54) is 0 Å². The van der Waals surface area contributed by atoms with Crippen molar-refractivity contribution in [3.05, 3.63) is 60.2 Å². The number of hydrogen-bond acceptors (Lipinski definition) is 3. The number of benzene rings is 2.